The summed E-state index contributed by atoms with van der Waals surface area (Å²) in [6.07, 6.45) is 1.78. The van der Waals surface area contributed by atoms with E-state index in [1.54, 1.807) is 17.8 Å². The van der Waals surface area contributed by atoms with Gasteiger partial charge in [-0.25, -0.2) is 0 Å². The Morgan fingerprint density at radius 1 is 1.35 bits per heavy atom. The van der Waals surface area contributed by atoms with Gasteiger partial charge in [0.25, 0.3) is 5.65 Å². The number of fused-ring (bicyclic) bond motifs is 1. The zero-order chi connectivity index (χ0) is 14.3. The number of aryl methyl sites for hydroxylation is 1. The number of hydrogen-bond acceptors (Lipinski definition) is 4. The third kappa shape index (κ3) is 2.00. The molecule has 20 heavy (non-hydrogen) atoms. The van der Waals surface area contributed by atoms with Crippen LogP contribution in [0.2, 0.25) is 0 Å². The number of tetrazole rings is 1. The highest BCUT2D eigenvalue weighted by molar-refractivity contribution is 9.10. The summed E-state index contributed by atoms with van der Waals surface area (Å²) in [5.74, 6) is -0.425. The zero-order valence-electron chi connectivity index (χ0n) is 10.9. The minimum atomic E-state index is -0.425. The molecule has 0 atom stereocenters. The van der Waals surface area contributed by atoms with Gasteiger partial charge in [0.2, 0.25) is 0 Å². The Morgan fingerprint density at radius 3 is 2.70 bits per heavy atom. The first-order valence-electron chi connectivity index (χ1n) is 5.87. The summed E-state index contributed by atoms with van der Waals surface area (Å²) < 4.78 is 7.41. The second-order valence-corrected chi connectivity index (χ2v) is 5.18. The topological polar surface area (TPSA) is 66.4 Å². The number of methoxy groups -OCH3 is 1. The molecule has 102 valence electrons. The van der Waals surface area contributed by atoms with Gasteiger partial charge < -0.3 is 9.84 Å². The molecule has 6 nitrogen and oxygen atoms in total. The van der Waals surface area contributed by atoms with Crippen molar-refractivity contribution in [3.8, 4) is 11.1 Å². The van der Waals surface area contributed by atoms with E-state index < -0.39 is 5.95 Å². The van der Waals surface area contributed by atoms with Crippen LogP contribution in [0.1, 0.15) is 0 Å². The van der Waals surface area contributed by atoms with Crippen LogP contribution in [0.25, 0.3) is 22.7 Å². The van der Waals surface area contributed by atoms with Crippen molar-refractivity contribution in [2.75, 3.05) is 7.11 Å². The first kappa shape index (κ1) is 12.9. The SMILES string of the molecule is CO/C([O-])=c1/c(-c2ccc(Br)cc2)cn2n[n+](C)nc12. The number of benzene rings is 1. The molecule has 0 saturated heterocycles. The lowest BCUT2D eigenvalue weighted by atomic mass is 10.1. The van der Waals surface area contributed by atoms with Crippen LogP contribution >= 0.6 is 15.9 Å². The third-order valence-corrected chi connectivity index (χ3v) is 3.50. The lowest BCUT2D eigenvalue weighted by Gasteiger charge is -2.07. The average molecular weight is 335 g/mol. The maximum absolute atomic E-state index is 12.0. The molecule has 1 aromatic carbocycles. The predicted molar refractivity (Wildman–Crippen MR) is 72.9 cm³/mol. The van der Waals surface area contributed by atoms with Crippen molar-refractivity contribution in [3.63, 3.8) is 0 Å². The summed E-state index contributed by atoms with van der Waals surface area (Å²) in [6, 6.07) is 7.68. The number of rotatable bonds is 2. The van der Waals surface area contributed by atoms with Crippen LogP contribution in [-0.4, -0.2) is 21.9 Å². The molecular weight excluding hydrogens is 324 g/mol. The van der Waals surface area contributed by atoms with Crippen molar-refractivity contribution < 1.29 is 14.6 Å². The molecular formula is C13H11BrN4O2. The molecule has 0 unspecified atom stereocenters. The fraction of sp³-hybridized carbons (Fsp3) is 0.154. The molecule has 7 heteroatoms. The highest BCUT2D eigenvalue weighted by Crippen LogP contribution is 2.20. The first-order chi connectivity index (χ1) is 9.60. The molecule has 0 amide bonds. The maximum atomic E-state index is 12.0. The van der Waals surface area contributed by atoms with Crippen LogP contribution in [0.3, 0.4) is 0 Å². The standard InChI is InChI=1S/C13H11BrN4O2/c1-17-15-12-11(13(19)20-2)10(7-18(12)16-17)8-3-5-9(14)6-4-8/h3-7H,1-2H3. The summed E-state index contributed by atoms with van der Waals surface area (Å²) in [4.78, 5) is 1.41. The molecule has 0 aliphatic carbocycles. The molecule has 3 aromatic rings. The van der Waals surface area contributed by atoms with Crippen LogP contribution < -0.4 is 15.1 Å². The van der Waals surface area contributed by atoms with Gasteiger partial charge in [-0.3, -0.25) is 0 Å². The first-order valence-corrected chi connectivity index (χ1v) is 6.66. The van der Waals surface area contributed by atoms with E-state index in [-0.39, 0.29) is 0 Å². The molecule has 0 aliphatic rings. The quantitative estimate of drug-likeness (QED) is 0.607. The summed E-state index contributed by atoms with van der Waals surface area (Å²) in [5, 5.41) is 20.8. The van der Waals surface area contributed by atoms with E-state index in [9.17, 15) is 5.11 Å². The summed E-state index contributed by atoms with van der Waals surface area (Å²) in [6.45, 7) is 0. The maximum Gasteiger partial charge on any atom is 0.297 e. The number of aromatic nitrogens is 4. The largest absolute Gasteiger partial charge is 0.616 e. The number of hydrogen-bond donors (Lipinski definition) is 0. The van der Waals surface area contributed by atoms with Gasteiger partial charge in [-0.2, -0.15) is 0 Å². The van der Waals surface area contributed by atoms with Crippen molar-refractivity contribution >= 4 is 27.5 Å². The Hall–Kier alpha value is -2.15. The monoisotopic (exact) mass is 334 g/mol. The van der Waals surface area contributed by atoms with E-state index in [4.69, 9.17) is 4.74 Å². The van der Waals surface area contributed by atoms with Crippen molar-refractivity contribution in [1.29, 1.82) is 0 Å². The van der Waals surface area contributed by atoms with Crippen LogP contribution in [-0.2, 0) is 11.8 Å². The van der Waals surface area contributed by atoms with E-state index in [0.717, 1.165) is 15.6 Å². The van der Waals surface area contributed by atoms with E-state index in [1.807, 2.05) is 24.3 Å². The van der Waals surface area contributed by atoms with Gasteiger partial charge in [-0.15, -0.1) is 0 Å². The second-order valence-electron chi connectivity index (χ2n) is 4.26. The van der Waals surface area contributed by atoms with Gasteiger partial charge in [-0.05, 0) is 34.7 Å². The summed E-state index contributed by atoms with van der Waals surface area (Å²) in [5.41, 5.74) is 2.14. The van der Waals surface area contributed by atoms with Crippen LogP contribution in [0.5, 0.6) is 0 Å². The van der Waals surface area contributed by atoms with Crippen molar-refractivity contribution in [3.05, 3.63) is 40.2 Å². The van der Waals surface area contributed by atoms with E-state index >= 15 is 0 Å². The molecule has 2 aromatic heterocycles. The smallest absolute Gasteiger partial charge is 0.297 e. The minimum Gasteiger partial charge on any atom is -0.616 e. The Kier molecular flexibility index (Phi) is 3.06. The van der Waals surface area contributed by atoms with Crippen LogP contribution in [0, 0.1) is 0 Å². The number of nitrogens with zero attached hydrogens (tertiary/aromatic N) is 4. The Morgan fingerprint density at radius 2 is 2.05 bits per heavy atom. The minimum absolute atomic E-state index is 0.419. The third-order valence-electron chi connectivity index (χ3n) is 2.97. The van der Waals surface area contributed by atoms with Gasteiger partial charge in [0, 0.05) is 10.0 Å². The van der Waals surface area contributed by atoms with Gasteiger partial charge >= 0.3 is 0 Å². The van der Waals surface area contributed by atoms with Gasteiger partial charge in [0.05, 0.1) is 11.2 Å². The molecule has 0 spiro atoms. The molecule has 3 rings (SSSR count). The van der Waals surface area contributed by atoms with Crippen LogP contribution in [0.4, 0.5) is 0 Å². The molecule has 2 heterocycles. The number of ether oxygens (including phenoxy) is 1. The highest BCUT2D eigenvalue weighted by atomic mass is 79.9. The van der Waals surface area contributed by atoms with Crippen LogP contribution in [0.15, 0.2) is 34.9 Å². The lowest BCUT2D eigenvalue weighted by molar-refractivity contribution is -0.783. The van der Waals surface area contributed by atoms with Gasteiger partial charge in [0.15, 0.2) is 0 Å². The van der Waals surface area contributed by atoms with E-state index in [2.05, 4.69) is 26.2 Å². The summed E-state index contributed by atoms with van der Waals surface area (Å²) in [7, 11) is 3.06. The molecule has 0 aliphatic heterocycles. The van der Waals surface area contributed by atoms with E-state index in [0.29, 0.717) is 10.9 Å². The average Bonchev–Trinajstić information content (AvgIpc) is 2.94. The second kappa shape index (κ2) is 4.75. The molecule has 0 N–H and O–H groups in total. The molecule has 0 fully saturated rings. The van der Waals surface area contributed by atoms with Crippen molar-refractivity contribution in [1.82, 2.24) is 14.8 Å². The fourth-order valence-corrected chi connectivity index (χ4v) is 2.36. The summed E-state index contributed by atoms with van der Waals surface area (Å²) >= 11 is 3.39. The predicted octanol–water partition coefficient (Wildman–Crippen LogP) is -0.225. The molecule has 0 bridgehead atoms. The Labute approximate surface area is 123 Å². The fourth-order valence-electron chi connectivity index (χ4n) is 2.10. The Balaban J connectivity index is 2.36. The van der Waals surface area contributed by atoms with E-state index in [1.165, 1.54) is 11.9 Å². The number of halogens is 1. The normalized spacial score (nSPS) is 12.8. The van der Waals surface area contributed by atoms with Crippen molar-refractivity contribution in [2.45, 2.75) is 0 Å². The Bertz CT molecular complexity index is 826. The van der Waals surface area contributed by atoms with Gasteiger partial charge in [-0.1, -0.05) is 32.6 Å². The molecule has 0 radical (unpaired) electrons. The highest BCUT2D eigenvalue weighted by Gasteiger charge is 2.18. The van der Waals surface area contributed by atoms with Gasteiger partial charge in [0.1, 0.15) is 18.5 Å². The molecule has 0 saturated carbocycles. The zero-order valence-corrected chi connectivity index (χ0v) is 12.5. The lowest BCUT2D eigenvalue weighted by Crippen LogP contribution is -2.34. The van der Waals surface area contributed by atoms with Crippen molar-refractivity contribution in [2.24, 2.45) is 7.05 Å².